The smallest absolute Gasteiger partial charge is 0.221 e. The van der Waals surface area contributed by atoms with Crippen molar-refractivity contribution >= 4 is 34.4 Å². The van der Waals surface area contributed by atoms with Gasteiger partial charge in [0.25, 0.3) is 0 Å². The first-order chi connectivity index (χ1) is 10.6. The number of nitrogens with zero attached hydrogens (tertiary/aromatic N) is 2. The molecule has 0 aliphatic heterocycles. The van der Waals surface area contributed by atoms with E-state index in [0.717, 1.165) is 16.8 Å². The molecule has 5 nitrogen and oxygen atoms in total. The summed E-state index contributed by atoms with van der Waals surface area (Å²) in [5.41, 5.74) is 3.07. The van der Waals surface area contributed by atoms with Crippen LogP contribution in [0.15, 0.2) is 36.4 Å². The minimum atomic E-state index is -0.0969. The van der Waals surface area contributed by atoms with E-state index in [0.29, 0.717) is 16.6 Å². The largest absolute Gasteiger partial charge is 0.337 e. The van der Waals surface area contributed by atoms with Crippen LogP contribution >= 0.6 is 11.6 Å². The van der Waals surface area contributed by atoms with Crippen LogP contribution in [0.1, 0.15) is 20.8 Å². The highest BCUT2D eigenvalue weighted by Gasteiger charge is 2.07. The summed E-state index contributed by atoms with van der Waals surface area (Å²) in [7, 11) is 0. The molecule has 23 heavy (non-hydrogen) atoms. The molecule has 0 spiro atoms. The number of pyridine rings is 1. The Morgan fingerprint density at radius 2 is 1.74 bits per heavy atom. The number of rotatable bonds is 2. The van der Waals surface area contributed by atoms with Crippen LogP contribution < -0.4 is 5.32 Å². The lowest BCUT2D eigenvalue weighted by atomic mass is 10.2. The second-order valence-corrected chi connectivity index (χ2v) is 4.74. The molecule has 0 saturated carbocycles. The van der Waals surface area contributed by atoms with E-state index in [9.17, 15) is 4.79 Å². The lowest BCUT2D eigenvalue weighted by molar-refractivity contribution is -0.114. The van der Waals surface area contributed by atoms with Gasteiger partial charge in [0.05, 0.1) is 5.52 Å². The molecule has 3 rings (SSSR count). The third kappa shape index (κ3) is 4.50. The van der Waals surface area contributed by atoms with Gasteiger partial charge in [-0.05, 0) is 36.4 Å². The number of hydrogen-bond donors (Lipinski definition) is 2. The predicted octanol–water partition coefficient (Wildman–Crippen LogP) is 4.42. The molecule has 0 fully saturated rings. The highest BCUT2D eigenvalue weighted by molar-refractivity contribution is 6.29. The van der Waals surface area contributed by atoms with Crippen molar-refractivity contribution in [3.05, 3.63) is 41.6 Å². The summed E-state index contributed by atoms with van der Waals surface area (Å²) in [6, 6.07) is 11.0. The number of halogens is 2. The third-order valence-corrected chi connectivity index (χ3v) is 3.00. The van der Waals surface area contributed by atoms with Crippen molar-refractivity contribution in [3.63, 3.8) is 0 Å². The van der Waals surface area contributed by atoms with E-state index in [-0.39, 0.29) is 10.6 Å². The van der Waals surface area contributed by atoms with Crippen LogP contribution in [0.3, 0.4) is 0 Å². The van der Waals surface area contributed by atoms with Gasteiger partial charge in [-0.15, -0.1) is 0 Å². The van der Waals surface area contributed by atoms with E-state index in [1.807, 2.05) is 44.2 Å². The number of nitrogens with one attached hydrogen (secondary N) is 2. The Labute approximate surface area is 138 Å². The quantitative estimate of drug-likeness (QED) is 0.681. The summed E-state index contributed by atoms with van der Waals surface area (Å²) in [5.74, 6) is 0.615. The number of fused-ring (bicyclic) bond motifs is 1. The molecule has 2 heterocycles. The molecule has 0 atom stereocenters. The standard InChI is InChI=1S/C14H11ClN4O.C2H6.FH/c1-8(20)16-10-4-2-9(3-5-10)13-17-11-6-7-12(15)18-14(11)19-13;1-2;/h2-7H,1H3,(H,16,20)(H,17,18,19);1-2H3;1H. The molecule has 7 heteroatoms. The van der Waals surface area contributed by atoms with Crippen LogP contribution in [0.4, 0.5) is 10.4 Å². The third-order valence-electron chi connectivity index (χ3n) is 2.79. The molecule has 0 unspecified atom stereocenters. The van der Waals surface area contributed by atoms with E-state index in [1.54, 1.807) is 6.07 Å². The fourth-order valence-corrected chi connectivity index (χ4v) is 2.06. The Kier molecular flexibility index (Phi) is 6.65. The van der Waals surface area contributed by atoms with Gasteiger partial charge in [-0.1, -0.05) is 25.4 Å². The zero-order valence-corrected chi connectivity index (χ0v) is 13.8. The summed E-state index contributed by atoms with van der Waals surface area (Å²) in [6.07, 6.45) is 0. The summed E-state index contributed by atoms with van der Waals surface area (Å²) >= 11 is 5.84. The average molecular weight is 337 g/mol. The molecule has 0 saturated heterocycles. The molecule has 0 aliphatic rings. The number of amides is 1. The molecule has 2 N–H and O–H groups in total. The molecule has 122 valence electrons. The molecule has 2 aromatic heterocycles. The van der Waals surface area contributed by atoms with Crippen LogP contribution in [0.5, 0.6) is 0 Å². The van der Waals surface area contributed by atoms with Crippen LogP contribution in [0, 0.1) is 0 Å². The minimum absolute atomic E-state index is 0. The zero-order chi connectivity index (χ0) is 16.1. The molecule has 3 aromatic rings. The van der Waals surface area contributed by atoms with Crippen LogP contribution in [-0.4, -0.2) is 20.9 Å². The van der Waals surface area contributed by atoms with Gasteiger partial charge in [0.1, 0.15) is 11.0 Å². The number of aromatic nitrogens is 3. The van der Waals surface area contributed by atoms with Gasteiger partial charge in [-0.2, -0.15) is 0 Å². The second-order valence-electron chi connectivity index (χ2n) is 4.35. The normalized spacial score (nSPS) is 9.57. The number of imidazole rings is 1. The van der Waals surface area contributed by atoms with Crippen LogP contribution in [0.25, 0.3) is 22.6 Å². The van der Waals surface area contributed by atoms with Crippen molar-refractivity contribution in [2.45, 2.75) is 20.8 Å². The second kappa shape index (κ2) is 8.24. The first-order valence-electron chi connectivity index (χ1n) is 7.02. The number of carbonyl (C=O) groups is 1. The Morgan fingerprint density at radius 3 is 2.35 bits per heavy atom. The molecule has 1 aromatic carbocycles. The first-order valence-corrected chi connectivity index (χ1v) is 7.40. The summed E-state index contributed by atoms with van der Waals surface area (Å²) in [6.45, 7) is 5.47. The van der Waals surface area contributed by atoms with Gasteiger partial charge in [0.2, 0.25) is 5.91 Å². The molecule has 0 bridgehead atoms. The molecule has 0 radical (unpaired) electrons. The Bertz CT molecular complexity index is 786. The fraction of sp³-hybridized carbons (Fsp3) is 0.188. The van der Waals surface area contributed by atoms with E-state index in [2.05, 4.69) is 20.3 Å². The van der Waals surface area contributed by atoms with E-state index >= 15 is 0 Å². The topological polar surface area (TPSA) is 70.7 Å². The van der Waals surface area contributed by atoms with Gasteiger partial charge in [-0.25, -0.2) is 9.97 Å². The van der Waals surface area contributed by atoms with Gasteiger partial charge >= 0.3 is 0 Å². The highest BCUT2D eigenvalue weighted by Crippen LogP contribution is 2.22. The number of carbonyl (C=O) groups excluding carboxylic acids is 1. The van der Waals surface area contributed by atoms with E-state index in [4.69, 9.17) is 11.6 Å². The summed E-state index contributed by atoms with van der Waals surface area (Å²) < 4.78 is 0. The number of benzene rings is 1. The molecule has 1 amide bonds. The first kappa shape index (κ1) is 18.6. The maximum absolute atomic E-state index is 11.0. The maximum atomic E-state index is 11.0. The van der Waals surface area contributed by atoms with Gasteiger partial charge in [-0.3, -0.25) is 9.50 Å². The van der Waals surface area contributed by atoms with Crippen molar-refractivity contribution in [2.24, 2.45) is 0 Å². The highest BCUT2D eigenvalue weighted by atomic mass is 35.5. The molecular weight excluding hydrogens is 319 g/mol. The van der Waals surface area contributed by atoms with Gasteiger partial charge in [0.15, 0.2) is 5.65 Å². The Hall–Kier alpha value is -2.47. The summed E-state index contributed by atoms with van der Waals surface area (Å²) in [4.78, 5) is 22.7. The lowest BCUT2D eigenvalue weighted by Crippen LogP contribution is -2.05. The lowest BCUT2D eigenvalue weighted by Gasteiger charge is -2.02. The average Bonchev–Trinajstić information content (AvgIpc) is 2.92. The zero-order valence-electron chi connectivity index (χ0n) is 13.1. The van der Waals surface area contributed by atoms with Gasteiger partial charge in [0, 0.05) is 18.2 Å². The van der Waals surface area contributed by atoms with Crippen molar-refractivity contribution in [1.29, 1.82) is 0 Å². The van der Waals surface area contributed by atoms with Crippen molar-refractivity contribution in [1.82, 2.24) is 15.0 Å². The van der Waals surface area contributed by atoms with Gasteiger partial charge < -0.3 is 10.3 Å². The monoisotopic (exact) mass is 336 g/mol. The Balaban J connectivity index is 0.000000849. The number of anilines is 1. The number of H-pyrrole nitrogens is 1. The summed E-state index contributed by atoms with van der Waals surface area (Å²) in [5, 5.41) is 3.13. The fourth-order valence-electron chi connectivity index (χ4n) is 1.92. The van der Waals surface area contributed by atoms with E-state index in [1.165, 1.54) is 6.92 Å². The Morgan fingerprint density at radius 1 is 1.09 bits per heavy atom. The number of aromatic amines is 1. The van der Waals surface area contributed by atoms with Crippen molar-refractivity contribution in [3.8, 4) is 11.4 Å². The number of hydrogen-bond acceptors (Lipinski definition) is 3. The van der Waals surface area contributed by atoms with Crippen LogP contribution in [-0.2, 0) is 4.79 Å². The van der Waals surface area contributed by atoms with Crippen LogP contribution in [0.2, 0.25) is 5.15 Å². The molecule has 0 aliphatic carbocycles. The minimum Gasteiger partial charge on any atom is -0.337 e. The molecular formula is C16H18ClFN4O. The maximum Gasteiger partial charge on any atom is 0.221 e. The van der Waals surface area contributed by atoms with E-state index < -0.39 is 0 Å². The SMILES string of the molecule is CC.CC(=O)Nc1ccc(-c2nc3nc(Cl)ccc3[nH]2)cc1.F. The van der Waals surface area contributed by atoms with Crippen molar-refractivity contribution in [2.75, 3.05) is 5.32 Å². The van der Waals surface area contributed by atoms with Crippen molar-refractivity contribution < 1.29 is 9.50 Å². The predicted molar refractivity (Wildman–Crippen MR) is 92.5 cm³/mol.